The first kappa shape index (κ1) is 10.2. The fourth-order valence-corrected chi connectivity index (χ4v) is 0.838. The summed E-state index contributed by atoms with van der Waals surface area (Å²) in [5.74, 6) is 0.659. The number of hydrogen-bond donors (Lipinski definition) is 0. The van der Waals surface area contributed by atoms with Gasteiger partial charge in [-0.15, -0.1) is 0 Å². The van der Waals surface area contributed by atoms with Gasteiger partial charge in [-0.25, -0.2) is 0 Å². The van der Waals surface area contributed by atoms with Gasteiger partial charge in [-0.05, 0) is 11.5 Å². The Bertz CT molecular complexity index is 167. The van der Waals surface area contributed by atoms with Crippen LogP contribution in [0, 0.1) is 0 Å². The Labute approximate surface area is 84.9 Å². The normalized spacial score (nSPS) is 9.10. The molecule has 0 aromatic heterocycles. The van der Waals surface area contributed by atoms with Crippen LogP contribution in [0.5, 0.6) is 0 Å². The summed E-state index contributed by atoms with van der Waals surface area (Å²) in [4.78, 5) is 0. The molecule has 0 unspecified atom stereocenters. The van der Waals surface area contributed by atoms with Crippen molar-refractivity contribution in [1.82, 2.24) is 0 Å². The molecule has 0 amide bonds. The zero-order valence-electron chi connectivity index (χ0n) is 6.96. The summed E-state index contributed by atoms with van der Waals surface area (Å²) in [6.45, 7) is 4.41. The quantitative estimate of drug-likeness (QED) is 0.478. The van der Waals surface area contributed by atoms with Crippen molar-refractivity contribution >= 4 is 0 Å². The van der Waals surface area contributed by atoms with E-state index >= 15 is 0 Å². The van der Waals surface area contributed by atoms with E-state index in [1.165, 1.54) is 5.56 Å². The van der Waals surface area contributed by atoms with Crippen LogP contribution < -0.4 is 29.6 Å². The standard InChI is InChI=1S/C9H12.Na/c1-8(2)9-6-4-3-5-7-9;/h3-8H,1-2H3;/q;+1. The third-order valence-corrected chi connectivity index (χ3v) is 1.47. The summed E-state index contributed by atoms with van der Waals surface area (Å²) in [5, 5.41) is 0. The molecule has 0 nitrogen and oxygen atoms in total. The minimum absolute atomic E-state index is 0. The zero-order chi connectivity index (χ0) is 6.69. The van der Waals surface area contributed by atoms with Crippen LogP contribution in [0.25, 0.3) is 0 Å². The van der Waals surface area contributed by atoms with E-state index in [1.807, 2.05) is 6.07 Å². The van der Waals surface area contributed by atoms with Gasteiger partial charge in [0.25, 0.3) is 0 Å². The minimum atomic E-state index is 0. The molecule has 1 aromatic rings. The molecule has 0 spiro atoms. The largest absolute Gasteiger partial charge is 1.00 e. The molecule has 0 radical (unpaired) electrons. The number of benzene rings is 1. The summed E-state index contributed by atoms with van der Waals surface area (Å²) in [5.41, 5.74) is 1.41. The molecule has 1 aromatic carbocycles. The molecule has 0 aliphatic rings. The monoisotopic (exact) mass is 143 g/mol. The summed E-state index contributed by atoms with van der Waals surface area (Å²) >= 11 is 0. The molecule has 48 valence electrons. The SMILES string of the molecule is CC(C)c1ccccc1.[Na+]. The molecule has 0 aliphatic heterocycles. The molecule has 0 aliphatic carbocycles. The first-order valence-corrected chi connectivity index (χ1v) is 3.35. The van der Waals surface area contributed by atoms with Gasteiger partial charge in [-0.1, -0.05) is 44.2 Å². The van der Waals surface area contributed by atoms with Gasteiger partial charge in [-0.2, -0.15) is 0 Å². The molecule has 0 bridgehead atoms. The summed E-state index contributed by atoms with van der Waals surface area (Å²) < 4.78 is 0. The molecule has 0 N–H and O–H groups in total. The van der Waals surface area contributed by atoms with Gasteiger partial charge >= 0.3 is 29.6 Å². The Balaban J connectivity index is 0.000000810. The van der Waals surface area contributed by atoms with E-state index in [0.717, 1.165) is 0 Å². The van der Waals surface area contributed by atoms with Gasteiger partial charge in [0.1, 0.15) is 0 Å². The third kappa shape index (κ3) is 2.87. The zero-order valence-corrected chi connectivity index (χ0v) is 8.96. The molecule has 0 fully saturated rings. The van der Waals surface area contributed by atoms with Gasteiger partial charge in [-0.3, -0.25) is 0 Å². The summed E-state index contributed by atoms with van der Waals surface area (Å²) in [6.07, 6.45) is 0. The first-order valence-electron chi connectivity index (χ1n) is 3.35. The van der Waals surface area contributed by atoms with E-state index in [4.69, 9.17) is 0 Å². The topological polar surface area (TPSA) is 0 Å². The molecular weight excluding hydrogens is 131 g/mol. The maximum absolute atomic E-state index is 2.20. The second-order valence-electron chi connectivity index (χ2n) is 2.57. The smallest absolute Gasteiger partial charge is 0.0622 e. The van der Waals surface area contributed by atoms with Crippen LogP contribution in [0.15, 0.2) is 30.3 Å². The summed E-state index contributed by atoms with van der Waals surface area (Å²) in [7, 11) is 0. The Morgan fingerprint density at radius 3 is 1.80 bits per heavy atom. The Kier molecular flexibility index (Phi) is 5.06. The van der Waals surface area contributed by atoms with Crippen molar-refractivity contribution in [3.8, 4) is 0 Å². The van der Waals surface area contributed by atoms with Gasteiger partial charge in [0.05, 0.1) is 0 Å². The van der Waals surface area contributed by atoms with Crippen molar-refractivity contribution in [2.24, 2.45) is 0 Å². The third-order valence-electron chi connectivity index (χ3n) is 1.47. The maximum Gasteiger partial charge on any atom is 1.00 e. The predicted molar refractivity (Wildman–Crippen MR) is 40.5 cm³/mol. The molecule has 10 heavy (non-hydrogen) atoms. The molecule has 1 rings (SSSR count). The maximum atomic E-state index is 2.20. The second kappa shape index (κ2) is 4.95. The van der Waals surface area contributed by atoms with E-state index in [-0.39, 0.29) is 29.6 Å². The van der Waals surface area contributed by atoms with Crippen molar-refractivity contribution in [2.45, 2.75) is 19.8 Å². The van der Waals surface area contributed by atoms with Crippen molar-refractivity contribution in [3.63, 3.8) is 0 Å². The van der Waals surface area contributed by atoms with Gasteiger partial charge in [0.15, 0.2) is 0 Å². The van der Waals surface area contributed by atoms with Crippen LogP contribution in [0.3, 0.4) is 0 Å². The van der Waals surface area contributed by atoms with E-state index in [0.29, 0.717) is 5.92 Å². The fourth-order valence-electron chi connectivity index (χ4n) is 0.838. The van der Waals surface area contributed by atoms with Crippen LogP contribution in [0.1, 0.15) is 25.3 Å². The Hall–Kier alpha value is 0.220. The van der Waals surface area contributed by atoms with E-state index in [9.17, 15) is 0 Å². The second-order valence-corrected chi connectivity index (χ2v) is 2.57. The van der Waals surface area contributed by atoms with Gasteiger partial charge < -0.3 is 0 Å². The van der Waals surface area contributed by atoms with Gasteiger partial charge in [0, 0.05) is 0 Å². The van der Waals surface area contributed by atoms with Crippen molar-refractivity contribution in [2.75, 3.05) is 0 Å². The van der Waals surface area contributed by atoms with Crippen molar-refractivity contribution in [3.05, 3.63) is 35.9 Å². The number of hydrogen-bond acceptors (Lipinski definition) is 0. The number of rotatable bonds is 1. The van der Waals surface area contributed by atoms with Crippen LogP contribution >= 0.6 is 0 Å². The summed E-state index contributed by atoms with van der Waals surface area (Å²) in [6, 6.07) is 10.5. The minimum Gasteiger partial charge on any atom is -0.0622 e. The molecule has 0 saturated heterocycles. The van der Waals surface area contributed by atoms with Crippen molar-refractivity contribution < 1.29 is 29.6 Å². The molecule has 0 heterocycles. The van der Waals surface area contributed by atoms with Crippen LogP contribution in [-0.2, 0) is 0 Å². The van der Waals surface area contributed by atoms with E-state index < -0.39 is 0 Å². The van der Waals surface area contributed by atoms with Crippen LogP contribution in [0.2, 0.25) is 0 Å². The van der Waals surface area contributed by atoms with Crippen molar-refractivity contribution in [1.29, 1.82) is 0 Å². The Morgan fingerprint density at radius 2 is 1.50 bits per heavy atom. The predicted octanol–water partition coefficient (Wildman–Crippen LogP) is -0.186. The average Bonchev–Trinajstić information content (AvgIpc) is 1.90. The van der Waals surface area contributed by atoms with Gasteiger partial charge in [0.2, 0.25) is 0 Å². The Morgan fingerprint density at radius 1 is 1.00 bits per heavy atom. The average molecular weight is 143 g/mol. The fraction of sp³-hybridized carbons (Fsp3) is 0.333. The van der Waals surface area contributed by atoms with Crippen LogP contribution in [-0.4, -0.2) is 0 Å². The first-order chi connectivity index (χ1) is 4.30. The van der Waals surface area contributed by atoms with Crippen LogP contribution in [0.4, 0.5) is 0 Å². The van der Waals surface area contributed by atoms with E-state index in [2.05, 4.69) is 38.1 Å². The molecule has 1 heteroatoms. The molecule has 0 saturated carbocycles. The molecular formula is C9H12Na+. The van der Waals surface area contributed by atoms with E-state index in [1.54, 1.807) is 0 Å². The molecule has 0 atom stereocenters.